The number of fused-ring (bicyclic) bond motifs is 1. The Labute approximate surface area is 77.2 Å². The van der Waals surface area contributed by atoms with Gasteiger partial charge in [0.15, 0.2) is 0 Å². The molecule has 0 saturated carbocycles. The standard InChI is InChI=1S/C10H13N3/c1-7-3-4-9-5-10(8(2)11)12-13(9)6-7/h3-6,8H,11H2,1-2H3. The van der Waals surface area contributed by atoms with E-state index in [1.54, 1.807) is 0 Å². The van der Waals surface area contributed by atoms with Crippen LogP contribution in [-0.4, -0.2) is 9.61 Å². The predicted octanol–water partition coefficient (Wildman–Crippen LogP) is 1.66. The van der Waals surface area contributed by atoms with E-state index in [9.17, 15) is 0 Å². The van der Waals surface area contributed by atoms with Gasteiger partial charge in [-0.25, -0.2) is 4.52 Å². The number of aryl methyl sites for hydroxylation is 1. The zero-order chi connectivity index (χ0) is 9.42. The van der Waals surface area contributed by atoms with Crippen molar-refractivity contribution in [2.75, 3.05) is 0 Å². The van der Waals surface area contributed by atoms with Gasteiger partial charge in [-0.2, -0.15) is 5.10 Å². The van der Waals surface area contributed by atoms with E-state index in [0.717, 1.165) is 11.2 Å². The Kier molecular flexibility index (Phi) is 1.81. The summed E-state index contributed by atoms with van der Waals surface area (Å²) in [5.41, 5.74) is 8.97. The third-order valence-electron chi connectivity index (χ3n) is 2.09. The number of pyridine rings is 1. The first-order valence-corrected chi connectivity index (χ1v) is 4.38. The van der Waals surface area contributed by atoms with Crippen molar-refractivity contribution < 1.29 is 0 Å². The van der Waals surface area contributed by atoms with Gasteiger partial charge < -0.3 is 5.73 Å². The maximum Gasteiger partial charge on any atom is 0.0799 e. The number of aromatic nitrogens is 2. The van der Waals surface area contributed by atoms with Gasteiger partial charge in [0.05, 0.1) is 11.2 Å². The summed E-state index contributed by atoms with van der Waals surface area (Å²) in [6, 6.07) is 6.14. The lowest BCUT2D eigenvalue weighted by atomic mass is 10.2. The number of hydrogen-bond acceptors (Lipinski definition) is 2. The Bertz CT molecular complexity index is 429. The van der Waals surface area contributed by atoms with Crippen molar-refractivity contribution in [3.8, 4) is 0 Å². The smallest absolute Gasteiger partial charge is 0.0799 e. The zero-order valence-corrected chi connectivity index (χ0v) is 7.86. The van der Waals surface area contributed by atoms with E-state index in [1.807, 2.05) is 36.7 Å². The molecule has 0 radical (unpaired) electrons. The van der Waals surface area contributed by atoms with Crippen molar-refractivity contribution >= 4 is 5.52 Å². The maximum absolute atomic E-state index is 5.74. The Morgan fingerprint density at radius 1 is 1.46 bits per heavy atom. The van der Waals surface area contributed by atoms with Gasteiger partial charge in [-0.3, -0.25) is 0 Å². The second kappa shape index (κ2) is 2.85. The van der Waals surface area contributed by atoms with Gasteiger partial charge in [0.2, 0.25) is 0 Å². The highest BCUT2D eigenvalue weighted by molar-refractivity contribution is 5.48. The fourth-order valence-electron chi connectivity index (χ4n) is 1.33. The molecular weight excluding hydrogens is 162 g/mol. The number of rotatable bonds is 1. The lowest BCUT2D eigenvalue weighted by Crippen LogP contribution is -2.05. The van der Waals surface area contributed by atoms with Crippen molar-refractivity contribution in [2.24, 2.45) is 5.73 Å². The lowest BCUT2D eigenvalue weighted by molar-refractivity contribution is 0.755. The summed E-state index contributed by atoms with van der Waals surface area (Å²) >= 11 is 0. The summed E-state index contributed by atoms with van der Waals surface area (Å²) in [4.78, 5) is 0. The summed E-state index contributed by atoms with van der Waals surface area (Å²) in [6.45, 7) is 3.99. The zero-order valence-electron chi connectivity index (χ0n) is 7.86. The van der Waals surface area contributed by atoms with Crippen molar-refractivity contribution in [3.63, 3.8) is 0 Å². The maximum atomic E-state index is 5.74. The first kappa shape index (κ1) is 8.26. The SMILES string of the molecule is Cc1ccc2cc(C(C)N)nn2c1. The molecule has 1 unspecified atom stereocenters. The fraction of sp³-hybridized carbons (Fsp3) is 0.300. The van der Waals surface area contributed by atoms with E-state index < -0.39 is 0 Å². The molecule has 0 aliphatic carbocycles. The minimum absolute atomic E-state index is 0.000191. The number of nitrogens with zero attached hydrogens (tertiary/aromatic N) is 2. The summed E-state index contributed by atoms with van der Waals surface area (Å²) < 4.78 is 1.87. The first-order chi connectivity index (χ1) is 6.16. The topological polar surface area (TPSA) is 43.3 Å². The van der Waals surface area contributed by atoms with Crippen molar-refractivity contribution in [3.05, 3.63) is 35.7 Å². The molecule has 68 valence electrons. The van der Waals surface area contributed by atoms with Crippen molar-refractivity contribution in [1.29, 1.82) is 0 Å². The monoisotopic (exact) mass is 175 g/mol. The van der Waals surface area contributed by atoms with E-state index >= 15 is 0 Å². The summed E-state index contributed by atoms with van der Waals surface area (Å²) in [6.07, 6.45) is 2.00. The Hall–Kier alpha value is -1.35. The molecule has 0 saturated heterocycles. The Balaban J connectivity index is 2.62. The van der Waals surface area contributed by atoms with Crippen LogP contribution in [0.15, 0.2) is 24.4 Å². The van der Waals surface area contributed by atoms with Gasteiger partial charge in [0.25, 0.3) is 0 Å². The van der Waals surface area contributed by atoms with E-state index in [2.05, 4.69) is 11.2 Å². The summed E-state index contributed by atoms with van der Waals surface area (Å²) in [5.74, 6) is 0. The molecule has 1 atom stereocenters. The Morgan fingerprint density at radius 2 is 2.23 bits per heavy atom. The van der Waals surface area contributed by atoms with Crippen LogP contribution in [0.1, 0.15) is 24.2 Å². The van der Waals surface area contributed by atoms with E-state index in [0.29, 0.717) is 0 Å². The van der Waals surface area contributed by atoms with Crippen LogP contribution in [0.4, 0.5) is 0 Å². The van der Waals surface area contributed by atoms with Crippen LogP contribution in [0.3, 0.4) is 0 Å². The third kappa shape index (κ3) is 1.42. The fourth-order valence-corrected chi connectivity index (χ4v) is 1.33. The van der Waals surface area contributed by atoms with Crippen molar-refractivity contribution in [1.82, 2.24) is 9.61 Å². The van der Waals surface area contributed by atoms with E-state index in [-0.39, 0.29) is 6.04 Å². The molecule has 0 aromatic carbocycles. The van der Waals surface area contributed by atoms with E-state index in [4.69, 9.17) is 5.73 Å². The average molecular weight is 175 g/mol. The lowest BCUT2D eigenvalue weighted by Gasteiger charge is -1.96. The van der Waals surface area contributed by atoms with Crippen LogP contribution in [0.25, 0.3) is 5.52 Å². The van der Waals surface area contributed by atoms with E-state index in [1.165, 1.54) is 5.56 Å². The quantitative estimate of drug-likeness (QED) is 0.716. The molecule has 0 aliphatic heterocycles. The molecule has 0 aliphatic rings. The molecule has 3 nitrogen and oxygen atoms in total. The molecule has 3 heteroatoms. The van der Waals surface area contributed by atoms with Crippen LogP contribution in [0.5, 0.6) is 0 Å². The van der Waals surface area contributed by atoms with Gasteiger partial charge in [0.1, 0.15) is 0 Å². The average Bonchev–Trinajstić information content (AvgIpc) is 2.46. The van der Waals surface area contributed by atoms with Gasteiger partial charge in [-0.1, -0.05) is 6.07 Å². The van der Waals surface area contributed by atoms with Gasteiger partial charge >= 0.3 is 0 Å². The number of nitrogens with two attached hydrogens (primary N) is 1. The largest absolute Gasteiger partial charge is 0.323 e. The second-order valence-electron chi connectivity index (χ2n) is 3.43. The molecule has 2 aromatic heterocycles. The van der Waals surface area contributed by atoms with Gasteiger partial charge in [-0.15, -0.1) is 0 Å². The molecule has 13 heavy (non-hydrogen) atoms. The summed E-state index contributed by atoms with van der Waals surface area (Å²) in [5, 5.41) is 4.36. The molecule has 2 heterocycles. The molecule has 0 amide bonds. The minimum atomic E-state index is 0.000191. The van der Waals surface area contributed by atoms with Crippen LogP contribution in [0.2, 0.25) is 0 Å². The van der Waals surface area contributed by atoms with Crippen LogP contribution >= 0.6 is 0 Å². The molecule has 0 bridgehead atoms. The highest BCUT2D eigenvalue weighted by Gasteiger charge is 2.04. The van der Waals surface area contributed by atoms with Crippen molar-refractivity contribution in [2.45, 2.75) is 19.9 Å². The molecule has 0 spiro atoms. The first-order valence-electron chi connectivity index (χ1n) is 4.38. The minimum Gasteiger partial charge on any atom is -0.323 e. The molecule has 2 aromatic rings. The molecule has 0 fully saturated rings. The third-order valence-corrected chi connectivity index (χ3v) is 2.09. The highest BCUT2D eigenvalue weighted by atomic mass is 15.2. The highest BCUT2D eigenvalue weighted by Crippen LogP contribution is 2.12. The normalized spacial score (nSPS) is 13.5. The summed E-state index contributed by atoms with van der Waals surface area (Å²) in [7, 11) is 0. The van der Waals surface area contributed by atoms with Crippen LogP contribution in [-0.2, 0) is 0 Å². The molecular formula is C10H13N3. The van der Waals surface area contributed by atoms with Gasteiger partial charge in [-0.05, 0) is 31.5 Å². The molecule has 2 N–H and O–H groups in total. The number of hydrogen-bond donors (Lipinski definition) is 1. The van der Waals surface area contributed by atoms with Crippen LogP contribution in [0, 0.1) is 6.92 Å². The van der Waals surface area contributed by atoms with Gasteiger partial charge in [0, 0.05) is 12.2 Å². The van der Waals surface area contributed by atoms with Crippen LogP contribution < -0.4 is 5.73 Å². The molecule has 2 rings (SSSR count). The Morgan fingerprint density at radius 3 is 2.92 bits per heavy atom. The second-order valence-corrected chi connectivity index (χ2v) is 3.43. The predicted molar refractivity (Wildman–Crippen MR) is 52.5 cm³/mol.